The number of hydrogen-bond acceptors (Lipinski definition) is 12. The highest BCUT2D eigenvalue weighted by molar-refractivity contribution is 7.14. The topological polar surface area (TPSA) is 183 Å². The minimum atomic E-state index is -0.914. The summed E-state index contributed by atoms with van der Waals surface area (Å²) in [6, 6.07) is 0. The minimum Gasteiger partial charge on any atom is -0.468 e. The van der Waals surface area contributed by atoms with Crippen molar-refractivity contribution in [1.29, 1.82) is 0 Å². The summed E-state index contributed by atoms with van der Waals surface area (Å²) in [5.74, 6) is -0.529. The molecule has 0 aliphatic heterocycles. The molecule has 2 unspecified atom stereocenters. The Labute approximate surface area is 236 Å². The van der Waals surface area contributed by atoms with Crippen molar-refractivity contribution in [2.24, 2.45) is 5.73 Å². The number of esters is 3. The van der Waals surface area contributed by atoms with E-state index in [-0.39, 0.29) is 37.0 Å². The molecule has 2 atom stereocenters. The lowest BCUT2D eigenvalue weighted by Crippen LogP contribution is -2.51. The summed E-state index contributed by atoms with van der Waals surface area (Å²) in [6.45, 7) is 0. The highest BCUT2D eigenvalue weighted by Gasteiger charge is 2.42. The number of carbonyl (C=O) groups is 5. The Morgan fingerprint density at radius 1 is 0.744 bits per heavy atom. The first kappa shape index (κ1) is 37.5. The van der Waals surface area contributed by atoms with Crippen LogP contribution in [-0.4, -0.2) is 78.6 Å². The third-order valence-electron chi connectivity index (χ3n) is 7.47. The van der Waals surface area contributed by atoms with Gasteiger partial charge in [0.1, 0.15) is 28.2 Å². The standard InChI is InChI=1S/C8H16NO3P.C8H14NO3P.C8H13NO3.CH4/c2*1-12-7(11)8(9-13)4-2-6(10)3-5-8;1-12-7(11)8(9)4-2-6(10)3-5-8;/h6,9-10H,2-5,13H2,1H3;9H,2-5,13H2,1H3;2-5,9H2,1H3;1H4. The lowest BCUT2D eigenvalue weighted by atomic mass is 9.81. The van der Waals surface area contributed by atoms with Gasteiger partial charge >= 0.3 is 17.9 Å². The normalized spacial score (nSPS) is 25.3. The molecule has 0 spiro atoms. The summed E-state index contributed by atoms with van der Waals surface area (Å²) in [4.78, 5) is 55.8. The van der Waals surface area contributed by atoms with Gasteiger partial charge in [0.2, 0.25) is 0 Å². The Bertz CT molecular complexity index is 829. The molecular formula is C25H47N3O9P2. The molecule has 0 aromatic carbocycles. The zero-order valence-electron chi connectivity index (χ0n) is 22.5. The number of nitrogens with one attached hydrogen (secondary N) is 2. The van der Waals surface area contributed by atoms with Gasteiger partial charge in [-0.05, 0) is 51.4 Å². The van der Waals surface area contributed by atoms with Crippen molar-refractivity contribution in [2.45, 2.75) is 107 Å². The van der Waals surface area contributed by atoms with E-state index in [0.29, 0.717) is 77.0 Å². The molecule has 3 aliphatic carbocycles. The van der Waals surface area contributed by atoms with Gasteiger partial charge in [-0.3, -0.25) is 34.1 Å². The monoisotopic (exact) mass is 595 g/mol. The average molecular weight is 596 g/mol. The Morgan fingerprint density at radius 2 is 1.08 bits per heavy atom. The van der Waals surface area contributed by atoms with E-state index >= 15 is 0 Å². The van der Waals surface area contributed by atoms with E-state index in [4.69, 9.17) is 15.2 Å². The highest BCUT2D eigenvalue weighted by Crippen LogP contribution is 2.31. The van der Waals surface area contributed by atoms with Crippen LogP contribution in [0, 0.1) is 0 Å². The Balaban J connectivity index is 0.000000549. The lowest BCUT2D eigenvalue weighted by molar-refractivity contribution is -0.150. The van der Waals surface area contributed by atoms with Crippen molar-refractivity contribution >= 4 is 48.3 Å². The molecule has 0 aromatic heterocycles. The molecule has 3 saturated carbocycles. The molecule has 226 valence electrons. The molecular weight excluding hydrogens is 548 g/mol. The van der Waals surface area contributed by atoms with Crippen LogP contribution in [0.2, 0.25) is 0 Å². The maximum absolute atomic E-state index is 11.4. The molecule has 0 radical (unpaired) electrons. The second kappa shape index (κ2) is 17.3. The minimum absolute atomic E-state index is 0. The van der Waals surface area contributed by atoms with Crippen molar-refractivity contribution in [1.82, 2.24) is 10.2 Å². The van der Waals surface area contributed by atoms with Gasteiger partial charge < -0.3 is 25.1 Å². The Morgan fingerprint density at radius 3 is 1.41 bits per heavy atom. The fraction of sp³-hybridized carbons (Fsp3) is 0.800. The summed E-state index contributed by atoms with van der Waals surface area (Å²) in [6.07, 6.45) is 5.88. The molecule has 39 heavy (non-hydrogen) atoms. The van der Waals surface area contributed by atoms with Crippen molar-refractivity contribution in [3.05, 3.63) is 0 Å². The largest absolute Gasteiger partial charge is 0.468 e. The van der Waals surface area contributed by atoms with Gasteiger partial charge in [0.25, 0.3) is 0 Å². The molecule has 5 N–H and O–H groups in total. The highest BCUT2D eigenvalue weighted by atomic mass is 31.0. The number of ether oxygens (including phenoxy) is 3. The number of methoxy groups -OCH3 is 3. The number of ketones is 2. The van der Waals surface area contributed by atoms with Crippen LogP contribution < -0.4 is 15.9 Å². The van der Waals surface area contributed by atoms with Gasteiger partial charge in [0.15, 0.2) is 0 Å². The molecule has 3 fully saturated rings. The third-order valence-corrected chi connectivity index (χ3v) is 8.57. The van der Waals surface area contributed by atoms with E-state index in [0.717, 1.165) is 0 Å². The van der Waals surface area contributed by atoms with Crippen LogP contribution in [0.1, 0.15) is 84.5 Å². The number of aliphatic hydroxyl groups is 1. The average Bonchev–Trinajstić information content (AvgIpc) is 2.95. The number of carbonyl (C=O) groups excluding carboxylic acids is 5. The van der Waals surface area contributed by atoms with Gasteiger partial charge in [-0.15, -0.1) is 0 Å². The van der Waals surface area contributed by atoms with E-state index in [1.807, 2.05) is 0 Å². The number of aliphatic hydroxyl groups excluding tert-OH is 1. The lowest BCUT2D eigenvalue weighted by Gasteiger charge is -2.35. The first-order chi connectivity index (χ1) is 17.9. The van der Waals surface area contributed by atoms with Crippen LogP contribution >= 0.6 is 18.8 Å². The summed E-state index contributed by atoms with van der Waals surface area (Å²) in [5.41, 5.74) is 3.58. The fourth-order valence-electron chi connectivity index (χ4n) is 4.64. The van der Waals surface area contributed by atoms with Crippen LogP contribution in [0.5, 0.6) is 0 Å². The molecule has 0 aromatic rings. The fourth-order valence-corrected chi connectivity index (χ4v) is 5.45. The van der Waals surface area contributed by atoms with Crippen molar-refractivity contribution in [3.8, 4) is 0 Å². The number of nitrogens with two attached hydrogens (primary N) is 1. The van der Waals surface area contributed by atoms with Crippen molar-refractivity contribution < 1.29 is 43.3 Å². The summed E-state index contributed by atoms with van der Waals surface area (Å²) < 4.78 is 14.0. The number of rotatable bonds is 5. The first-order valence-corrected chi connectivity index (χ1v) is 13.7. The predicted octanol–water partition coefficient (Wildman–Crippen LogP) is 1.27. The van der Waals surface area contributed by atoms with Gasteiger partial charge in [0, 0.05) is 25.7 Å². The van der Waals surface area contributed by atoms with Crippen LogP contribution in [-0.2, 0) is 38.2 Å². The van der Waals surface area contributed by atoms with Gasteiger partial charge in [-0.1, -0.05) is 26.2 Å². The summed E-state index contributed by atoms with van der Waals surface area (Å²) in [7, 11) is 8.74. The zero-order chi connectivity index (χ0) is 29.0. The van der Waals surface area contributed by atoms with Crippen LogP contribution in [0.4, 0.5) is 0 Å². The Hall–Kier alpha value is -1.55. The molecule has 3 aliphatic rings. The van der Waals surface area contributed by atoms with Gasteiger partial charge in [-0.25, -0.2) is 0 Å². The zero-order valence-corrected chi connectivity index (χ0v) is 24.8. The van der Waals surface area contributed by atoms with Gasteiger partial charge in [-0.2, -0.15) is 0 Å². The van der Waals surface area contributed by atoms with Gasteiger partial charge in [0.05, 0.1) is 27.4 Å². The number of Topliss-reactive ketones (excluding diaryl/α,β-unsaturated/α-hetero) is 2. The number of hydrogen-bond donors (Lipinski definition) is 4. The SMILES string of the molecule is C.COC(=O)C1(N)CCC(=O)CC1.COC(=O)C1(NP)CCC(=O)CC1.COC(=O)C1(NP)CCC(O)CC1. The van der Waals surface area contributed by atoms with Crippen LogP contribution in [0.25, 0.3) is 0 Å². The maximum atomic E-state index is 11.4. The molecule has 12 nitrogen and oxygen atoms in total. The second-order valence-corrected chi connectivity index (χ2v) is 10.5. The van der Waals surface area contributed by atoms with E-state index < -0.39 is 22.6 Å². The quantitative estimate of drug-likeness (QED) is 0.203. The smallest absolute Gasteiger partial charge is 0.326 e. The van der Waals surface area contributed by atoms with Crippen LogP contribution in [0.3, 0.4) is 0 Å². The molecule has 0 heterocycles. The van der Waals surface area contributed by atoms with E-state index in [1.54, 1.807) is 0 Å². The predicted molar refractivity (Wildman–Crippen MR) is 152 cm³/mol. The van der Waals surface area contributed by atoms with Crippen LogP contribution in [0.15, 0.2) is 0 Å². The second-order valence-electron chi connectivity index (χ2n) is 9.89. The van der Waals surface area contributed by atoms with Crippen molar-refractivity contribution in [2.75, 3.05) is 21.3 Å². The molecule has 0 bridgehead atoms. The third kappa shape index (κ3) is 10.4. The summed E-state index contributed by atoms with van der Waals surface area (Å²) >= 11 is 0. The van der Waals surface area contributed by atoms with E-state index in [1.165, 1.54) is 21.3 Å². The van der Waals surface area contributed by atoms with Crippen molar-refractivity contribution in [3.63, 3.8) is 0 Å². The molecule has 0 amide bonds. The van der Waals surface area contributed by atoms with E-state index in [2.05, 4.69) is 33.7 Å². The molecule has 14 heteroatoms. The van der Waals surface area contributed by atoms with E-state index in [9.17, 15) is 29.1 Å². The Kier molecular flexibility index (Phi) is 16.6. The maximum Gasteiger partial charge on any atom is 0.326 e. The molecule has 3 rings (SSSR count). The first-order valence-electron chi connectivity index (χ1n) is 12.6. The summed E-state index contributed by atoms with van der Waals surface area (Å²) in [5, 5.41) is 15.1. The molecule has 0 saturated heterocycles.